The Bertz CT molecular complexity index is 547. The lowest BCUT2D eigenvalue weighted by Crippen LogP contribution is -2.49. The molecule has 1 aromatic rings. The van der Waals surface area contributed by atoms with E-state index in [-0.39, 0.29) is 24.1 Å². The zero-order valence-corrected chi connectivity index (χ0v) is 13.3. The Morgan fingerprint density at radius 1 is 1.35 bits per heavy atom. The largest absolute Gasteiger partial charge is 0.339 e. The molecule has 7 heteroatoms. The van der Waals surface area contributed by atoms with E-state index in [1.165, 1.54) is 12.1 Å². The number of anilines is 1. The van der Waals surface area contributed by atoms with E-state index in [9.17, 15) is 14.0 Å². The Morgan fingerprint density at radius 2 is 2.09 bits per heavy atom. The van der Waals surface area contributed by atoms with Crippen LogP contribution >= 0.6 is 0 Å². The Kier molecular flexibility index (Phi) is 6.49. The van der Waals surface area contributed by atoms with Gasteiger partial charge in [0.05, 0.1) is 6.54 Å². The van der Waals surface area contributed by atoms with Gasteiger partial charge in [-0.15, -0.1) is 0 Å². The van der Waals surface area contributed by atoms with Gasteiger partial charge in [-0.25, -0.2) is 4.39 Å². The number of hydrogen-bond donors (Lipinski definition) is 2. The molecule has 1 aromatic carbocycles. The van der Waals surface area contributed by atoms with Crippen molar-refractivity contribution in [2.45, 2.75) is 6.42 Å². The summed E-state index contributed by atoms with van der Waals surface area (Å²) in [6.07, 6.45) is 0.252. The van der Waals surface area contributed by atoms with Crippen LogP contribution in [0.5, 0.6) is 0 Å². The van der Waals surface area contributed by atoms with E-state index in [0.717, 1.165) is 26.2 Å². The summed E-state index contributed by atoms with van der Waals surface area (Å²) in [6, 6.07) is 5.78. The zero-order valence-electron chi connectivity index (χ0n) is 13.3. The van der Waals surface area contributed by atoms with Gasteiger partial charge in [-0.05, 0) is 25.2 Å². The van der Waals surface area contributed by atoms with Crippen LogP contribution in [0.15, 0.2) is 24.3 Å². The van der Waals surface area contributed by atoms with Crippen LogP contribution < -0.4 is 10.6 Å². The average molecular weight is 322 g/mol. The summed E-state index contributed by atoms with van der Waals surface area (Å²) in [5.74, 6) is -0.502. The summed E-state index contributed by atoms with van der Waals surface area (Å²) >= 11 is 0. The Morgan fingerprint density at radius 3 is 2.78 bits per heavy atom. The smallest absolute Gasteiger partial charge is 0.236 e. The second-order valence-electron chi connectivity index (χ2n) is 5.68. The van der Waals surface area contributed by atoms with Gasteiger partial charge in [-0.3, -0.25) is 14.5 Å². The second-order valence-corrected chi connectivity index (χ2v) is 5.68. The molecular weight excluding hydrogens is 299 g/mol. The van der Waals surface area contributed by atoms with E-state index in [4.69, 9.17) is 0 Å². The number of piperazine rings is 1. The number of carbonyl (C=O) groups excluding carboxylic acids is 2. The first-order valence-corrected chi connectivity index (χ1v) is 7.77. The first kappa shape index (κ1) is 17.4. The molecule has 2 rings (SSSR count). The van der Waals surface area contributed by atoms with Gasteiger partial charge in [-0.1, -0.05) is 6.07 Å². The summed E-state index contributed by atoms with van der Waals surface area (Å²) < 4.78 is 13.0. The maximum Gasteiger partial charge on any atom is 0.236 e. The second kappa shape index (κ2) is 8.59. The van der Waals surface area contributed by atoms with Crippen molar-refractivity contribution in [2.75, 3.05) is 51.6 Å². The van der Waals surface area contributed by atoms with Gasteiger partial charge in [0.15, 0.2) is 0 Å². The summed E-state index contributed by atoms with van der Waals surface area (Å²) in [5, 5.41) is 5.85. The Hall–Kier alpha value is -1.99. The number of benzene rings is 1. The van der Waals surface area contributed by atoms with Crippen molar-refractivity contribution in [1.29, 1.82) is 0 Å². The Balaban J connectivity index is 1.69. The molecule has 2 amide bonds. The molecule has 1 aliphatic rings. The van der Waals surface area contributed by atoms with Crippen molar-refractivity contribution in [3.05, 3.63) is 30.1 Å². The lowest BCUT2D eigenvalue weighted by atomic mass is 10.3. The maximum atomic E-state index is 13.0. The van der Waals surface area contributed by atoms with Crippen LogP contribution in [0.3, 0.4) is 0 Å². The van der Waals surface area contributed by atoms with Crippen LogP contribution in [0.25, 0.3) is 0 Å². The van der Waals surface area contributed by atoms with Crippen molar-refractivity contribution in [3.63, 3.8) is 0 Å². The first-order chi connectivity index (χ1) is 11.0. The molecule has 0 aromatic heterocycles. The number of nitrogens with zero attached hydrogens (tertiary/aromatic N) is 2. The summed E-state index contributed by atoms with van der Waals surface area (Å²) in [4.78, 5) is 27.6. The van der Waals surface area contributed by atoms with Crippen molar-refractivity contribution in [2.24, 2.45) is 0 Å². The fourth-order valence-electron chi connectivity index (χ4n) is 2.41. The molecule has 2 N–H and O–H groups in total. The molecule has 0 radical (unpaired) electrons. The molecule has 1 saturated heterocycles. The number of halogens is 1. The highest BCUT2D eigenvalue weighted by atomic mass is 19.1. The number of carbonyl (C=O) groups is 2. The molecule has 0 spiro atoms. The van der Waals surface area contributed by atoms with Crippen LogP contribution in [0, 0.1) is 5.82 Å². The summed E-state index contributed by atoms with van der Waals surface area (Å²) in [6.45, 7) is 3.88. The van der Waals surface area contributed by atoms with Crippen LogP contribution in [-0.4, -0.2) is 67.9 Å². The van der Waals surface area contributed by atoms with Crippen molar-refractivity contribution in [1.82, 2.24) is 15.1 Å². The van der Waals surface area contributed by atoms with Crippen molar-refractivity contribution >= 4 is 17.5 Å². The third-order valence-electron chi connectivity index (χ3n) is 3.70. The molecule has 0 bridgehead atoms. The van der Waals surface area contributed by atoms with Gasteiger partial charge < -0.3 is 15.5 Å². The van der Waals surface area contributed by atoms with Crippen LogP contribution in [0.2, 0.25) is 0 Å². The third kappa shape index (κ3) is 5.96. The van der Waals surface area contributed by atoms with E-state index >= 15 is 0 Å². The highest BCUT2D eigenvalue weighted by molar-refractivity contribution is 5.90. The summed E-state index contributed by atoms with van der Waals surface area (Å²) in [7, 11) is 1.82. The Labute approximate surface area is 135 Å². The minimum Gasteiger partial charge on any atom is -0.339 e. The van der Waals surface area contributed by atoms with Gasteiger partial charge in [0, 0.05) is 44.8 Å². The van der Waals surface area contributed by atoms with Gasteiger partial charge in [0.25, 0.3) is 0 Å². The fourth-order valence-corrected chi connectivity index (χ4v) is 2.41. The van der Waals surface area contributed by atoms with Crippen LogP contribution in [-0.2, 0) is 9.59 Å². The van der Waals surface area contributed by atoms with Gasteiger partial charge >= 0.3 is 0 Å². The number of hydrogen-bond acceptors (Lipinski definition) is 4. The van der Waals surface area contributed by atoms with E-state index in [2.05, 4.69) is 10.6 Å². The molecule has 126 valence electrons. The normalized spacial score (nSPS) is 14.8. The van der Waals surface area contributed by atoms with Crippen molar-refractivity contribution in [3.8, 4) is 0 Å². The SMILES string of the molecule is CN(CCC(=O)Nc1cccc(F)c1)CC(=O)N1CCNCC1. The standard InChI is InChI=1S/C16H23FN4O2/c1-20(12-16(23)21-9-6-18-7-10-21)8-5-15(22)19-14-4-2-3-13(17)11-14/h2-4,11,18H,5-10,12H2,1H3,(H,19,22). The molecule has 0 unspecified atom stereocenters. The van der Waals surface area contributed by atoms with Crippen LogP contribution in [0.4, 0.5) is 10.1 Å². The zero-order chi connectivity index (χ0) is 16.7. The summed E-state index contributed by atoms with van der Waals surface area (Å²) in [5.41, 5.74) is 0.439. The highest BCUT2D eigenvalue weighted by Gasteiger charge is 2.17. The minimum atomic E-state index is -0.387. The number of likely N-dealkylation sites (N-methyl/N-ethyl adjacent to an activating group) is 1. The van der Waals surface area contributed by atoms with E-state index in [1.807, 2.05) is 16.8 Å². The molecule has 0 saturated carbocycles. The molecule has 1 heterocycles. The van der Waals surface area contributed by atoms with Gasteiger partial charge in [0.1, 0.15) is 5.82 Å². The third-order valence-corrected chi connectivity index (χ3v) is 3.70. The average Bonchev–Trinajstić information content (AvgIpc) is 2.54. The van der Waals surface area contributed by atoms with Gasteiger partial charge in [-0.2, -0.15) is 0 Å². The molecule has 1 fully saturated rings. The number of rotatable bonds is 6. The predicted molar refractivity (Wildman–Crippen MR) is 86.6 cm³/mol. The number of amides is 2. The molecular formula is C16H23FN4O2. The molecule has 6 nitrogen and oxygen atoms in total. The lowest BCUT2D eigenvalue weighted by molar-refractivity contribution is -0.133. The van der Waals surface area contributed by atoms with E-state index in [1.54, 1.807) is 12.1 Å². The molecule has 1 aliphatic heterocycles. The highest BCUT2D eigenvalue weighted by Crippen LogP contribution is 2.09. The van der Waals surface area contributed by atoms with Crippen LogP contribution in [0.1, 0.15) is 6.42 Å². The topological polar surface area (TPSA) is 64.7 Å². The lowest BCUT2D eigenvalue weighted by Gasteiger charge is -2.29. The van der Waals surface area contributed by atoms with Crippen molar-refractivity contribution < 1.29 is 14.0 Å². The molecule has 23 heavy (non-hydrogen) atoms. The first-order valence-electron chi connectivity index (χ1n) is 7.77. The quantitative estimate of drug-likeness (QED) is 0.801. The number of nitrogens with one attached hydrogen (secondary N) is 2. The fraction of sp³-hybridized carbons (Fsp3) is 0.500. The van der Waals surface area contributed by atoms with Gasteiger partial charge in [0.2, 0.25) is 11.8 Å². The maximum absolute atomic E-state index is 13.0. The minimum absolute atomic E-state index is 0.0829. The van der Waals surface area contributed by atoms with E-state index in [0.29, 0.717) is 18.8 Å². The molecule has 0 atom stereocenters. The monoisotopic (exact) mass is 322 g/mol. The predicted octanol–water partition coefficient (Wildman–Crippen LogP) is 0.518. The van der Waals surface area contributed by atoms with E-state index < -0.39 is 0 Å². The molecule has 0 aliphatic carbocycles.